The standard InChI is InChI=1S/C21H24BrN3O3/c1-4-16-7-5-6-8-18(16)23-20(26)12-15(3)24-25-21(27)13-28-19-10-9-17(22)11-14(19)2/h5-11H,4,12-13H2,1-3H3,(H,23,26)(H,25,27)/b24-15+. The molecule has 0 unspecified atom stereocenters. The van der Waals surface area contributed by atoms with Gasteiger partial charge in [-0.2, -0.15) is 5.10 Å². The first-order valence-corrected chi connectivity index (χ1v) is 9.77. The van der Waals surface area contributed by atoms with Gasteiger partial charge in [0, 0.05) is 15.9 Å². The number of ether oxygens (including phenoxy) is 1. The largest absolute Gasteiger partial charge is 0.483 e. The highest BCUT2D eigenvalue weighted by Crippen LogP contribution is 2.22. The summed E-state index contributed by atoms with van der Waals surface area (Å²) in [4.78, 5) is 24.1. The molecule has 0 fully saturated rings. The van der Waals surface area contributed by atoms with Crippen LogP contribution in [0.3, 0.4) is 0 Å². The van der Waals surface area contributed by atoms with Crippen molar-refractivity contribution in [3.05, 3.63) is 58.1 Å². The van der Waals surface area contributed by atoms with Crippen LogP contribution in [0.4, 0.5) is 5.69 Å². The third-order valence-corrected chi connectivity index (χ3v) is 4.45. The maximum absolute atomic E-state index is 12.2. The van der Waals surface area contributed by atoms with Gasteiger partial charge in [-0.1, -0.05) is 41.1 Å². The van der Waals surface area contributed by atoms with Gasteiger partial charge in [0.05, 0.1) is 6.42 Å². The fraction of sp³-hybridized carbons (Fsp3) is 0.286. The molecule has 6 nitrogen and oxygen atoms in total. The summed E-state index contributed by atoms with van der Waals surface area (Å²) in [6.45, 7) is 5.46. The number of hydrogen-bond acceptors (Lipinski definition) is 4. The van der Waals surface area contributed by atoms with E-state index >= 15 is 0 Å². The first-order chi connectivity index (χ1) is 13.4. The van der Waals surface area contributed by atoms with Crippen LogP contribution in [0.1, 0.15) is 31.4 Å². The normalized spacial score (nSPS) is 11.1. The minimum Gasteiger partial charge on any atom is -0.483 e. The number of aryl methyl sites for hydroxylation is 2. The van der Waals surface area contributed by atoms with Gasteiger partial charge < -0.3 is 10.1 Å². The molecule has 148 valence electrons. The highest BCUT2D eigenvalue weighted by atomic mass is 79.9. The number of carbonyl (C=O) groups is 2. The minimum atomic E-state index is -0.390. The second-order valence-corrected chi connectivity index (χ2v) is 7.23. The van der Waals surface area contributed by atoms with Crippen molar-refractivity contribution in [3.63, 3.8) is 0 Å². The number of benzene rings is 2. The van der Waals surface area contributed by atoms with E-state index in [1.807, 2.05) is 50.2 Å². The fourth-order valence-corrected chi connectivity index (χ4v) is 3.00. The van der Waals surface area contributed by atoms with Gasteiger partial charge in [0.15, 0.2) is 6.61 Å². The Morgan fingerprint density at radius 2 is 1.89 bits per heavy atom. The molecule has 0 saturated carbocycles. The summed E-state index contributed by atoms with van der Waals surface area (Å²) < 4.78 is 6.44. The van der Waals surface area contributed by atoms with E-state index in [-0.39, 0.29) is 18.9 Å². The van der Waals surface area contributed by atoms with Crippen molar-refractivity contribution in [1.82, 2.24) is 5.43 Å². The number of nitrogens with one attached hydrogen (secondary N) is 2. The van der Waals surface area contributed by atoms with Crippen molar-refractivity contribution in [3.8, 4) is 5.75 Å². The Labute approximate surface area is 173 Å². The summed E-state index contributed by atoms with van der Waals surface area (Å²) in [5.41, 5.74) is 5.70. The fourth-order valence-electron chi connectivity index (χ4n) is 2.52. The first kappa shape index (κ1) is 21.6. The van der Waals surface area contributed by atoms with Gasteiger partial charge in [0.25, 0.3) is 5.91 Å². The molecule has 0 spiro atoms. The van der Waals surface area contributed by atoms with Gasteiger partial charge in [-0.15, -0.1) is 0 Å². The highest BCUT2D eigenvalue weighted by molar-refractivity contribution is 9.10. The lowest BCUT2D eigenvalue weighted by Gasteiger charge is -2.10. The predicted molar refractivity (Wildman–Crippen MR) is 115 cm³/mol. The number of carbonyl (C=O) groups excluding carboxylic acids is 2. The summed E-state index contributed by atoms with van der Waals surface area (Å²) in [6.07, 6.45) is 0.919. The lowest BCUT2D eigenvalue weighted by atomic mass is 10.1. The number of rotatable bonds is 8. The Morgan fingerprint density at radius 3 is 2.61 bits per heavy atom. The number of nitrogens with zero attached hydrogens (tertiary/aromatic N) is 1. The van der Waals surface area contributed by atoms with E-state index in [2.05, 4.69) is 31.8 Å². The zero-order valence-corrected chi connectivity index (χ0v) is 17.8. The first-order valence-electron chi connectivity index (χ1n) is 8.97. The van der Waals surface area contributed by atoms with E-state index in [4.69, 9.17) is 4.74 Å². The Hall–Kier alpha value is -2.67. The minimum absolute atomic E-state index is 0.0883. The summed E-state index contributed by atoms with van der Waals surface area (Å²) in [7, 11) is 0. The summed E-state index contributed by atoms with van der Waals surface area (Å²) >= 11 is 3.38. The molecule has 0 aliphatic carbocycles. The van der Waals surface area contributed by atoms with Crippen LogP contribution in [0, 0.1) is 6.92 Å². The quantitative estimate of drug-likeness (QED) is 0.471. The van der Waals surface area contributed by atoms with Crippen LogP contribution < -0.4 is 15.5 Å². The lowest BCUT2D eigenvalue weighted by molar-refractivity contribution is -0.123. The third kappa shape index (κ3) is 6.81. The van der Waals surface area contributed by atoms with Crippen LogP contribution in [-0.4, -0.2) is 24.1 Å². The topological polar surface area (TPSA) is 79.8 Å². The van der Waals surface area contributed by atoms with Gasteiger partial charge in [-0.3, -0.25) is 9.59 Å². The predicted octanol–water partition coefficient (Wildman–Crippen LogP) is 4.22. The molecule has 7 heteroatoms. The second kappa shape index (κ2) is 10.6. The average Bonchev–Trinajstić information content (AvgIpc) is 2.66. The second-order valence-electron chi connectivity index (χ2n) is 6.32. The molecule has 0 radical (unpaired) electrons. The van der Waals surface area contributed by atoms with Crippen LogP contribution in [-0.2, 0) is 16.0 Å². The third-order valence-electron chi connectivity index (χ3n) is 3.96. The zero-order chi connectivity index (χ0) is 20.5. The smallest absolute Gasteiger partial charge is 0.277 e. The maximum Gasteiger partial charge on any atom is 0.277 e. The highest BCUT2D eigenvalue weighted by Gasteiger charge is 2.08. The van der Waals surface area contributed by atoms with Crippen molar-refractivity contribution < 1.29 is 14.3 Å². The van der Waals surface area contributed by atoms with E-state index in [0.29, 0.717) is 11.5 Å². The molecule has 0 atom stereocenters. The van der Waals surface area contributed by atoms with Crippen LogP contribution in [0.2, 0.25) is 0 Å². The molecule has 0 aliphatic heterocycles. The van der Waals surface area contributed by atoms with E-state index in [0.717, 1.165) is 27.7 Å². The van der Waals surface area contributed by atoms with Crippen molar-refractivity contribution in [2.75, 3.05) is 11.9 Å². The Kier molecular flexibility index (Phi) is 8.19. The molecule has 0 bridgehead atoms. The maximum atomic E-state index is 12.2. The van der Waals surface area contributed by atoms with E-state index in [1.165, 1.54) is 0 Å². The molecule has 28 heavy (non-hydrogen) atoms. The Balaban J connectivity index is 1.81. The van der Waals surface area contributed by atoms with Crippen LogP contribution in [0.5, 0.6) is 5.75 Å². The van der Waals surface area contributed by atoms with Gasteiger partial charge >= 0.3 is 0 Å². The van der Waals surface area contributed by atoms with Gasteiger partial charge in [-0.25, -0.2) is 5.43 Å². The van der Waals surface area contributed by atoms with Crippen molar-refractivity contribution in [2.24, 2.45) is 5.10 Å². The van der Waals surface area contributed by atoms with Crippen molar-refractivity contribution in [1.29, 1.82) is 0 Å². The molecule has 2 rings (SSSR count). The van der Waals surface area contributed by atoms with Crippen LogP contribution >= 0.6 is 15.9 Å². The SMILES string of the molecule is CCc1ccccc1NC(=O)C/C(C)=N/NC(=O)COc1ccc(Br)cc1C. The number of para-hydroxylation sites is 1. The molecule has 0 saturated heterocycles. The zero-order valence-electron chi connectivity index (χ0n) is 16.2. The van der Waals surface area contributed by atoms with E-state index in [9.17, 15) is 9.59 Å². The molecule has 0 aromatic heterocycles. The molecular formula is C21H24BrN3O3. The number of hydrogen-bond donors (Lipinski definition) is 2. The van der Waals surface area contributed by atoms with Gasteiger partial charge in [0.1, 0.15) is 5.75 Å². The molecule has 0 aliphatic rings. The molecule has 2 N–H and O–H groups in total. The summed E-state index contributed by atoms with van der Waals surface area (Å²) in [5, 5.41) is 6.84. The number of hydrazone groups is 1. The van der Waals surface area contributed by atoms with Crippen molar-refractivity contribution >= 4 is 39.1 Å². The van der Waals surface area contributed by atoms with Crippen molar-refractivity contribution in [2.45, 2.75) is 33.6 Å². The number of amides is 2. The molecule has 0 heterocycles. The molecule has 2 amide bonds. The lowest BCUT2D eigenvalue weighted by Crippen LogP contribution is -2.26. The summed E-state index contributed by atoms with van der Waals surface area (Å²) in [5.74, 6) is 0.0598. The van der Waals surface area contributed by atoms with Crippen LogP contribution in [0.25, 0.3) is 0 Å². The molecular weight excluding hydrogens is 422 g/mol. The van der Waals surface area contributed by atoms with Gasteiger partial charge in [0.2, 0.25) is 5.91 Å². The molecule has 2 aromatic carbocycles. The number of halogens is 1. The Bertz CT molecular complexity index is 881. The monoisotopic (exact) mass is 445 g/mol. The summed E-state index contributed by atoms with van der Waals surface area (Å²) in [6, 6.07) is 13.2. The van der Waals surface area contributed by atoms with Gasteiger partial charge in [-0.05, 0) is 55.7 Å². The Morgan fingerprint density at radius 1 is 1.14 bits per heavy atom. The van der Waals surface area contributed by atoms with E-state index in [1.54, 1.807) is 13.0 Å². The average molecular weight is 446 g/mol. The number of anilines is 1. The molecule has 2 aromatic rings. The van der Waals surface area contributed by atoms with E-state index < -0.39 is 5.91 Å². The van der Waals surface area contributed by atoms with Crippen LogP contribution in [0.15, 0.2) is 52.0 Å².